The molecule has 4 heteroatoms. The molecular weight excluding hydrogens is 486 g/mol. The van der Waals surface area contributed by atoms with Gasteiger partial charge in [0.25, 0.3) is 0 Å². The van der Waals surface area contributed by atoms with Gasteiger partial charge in [0.2, 0.25) is 0 Å². The summed E-state index contributed by atoms with van der Waals surface area (Å²) in [5.74, 6) is 0.557. The maximum Gasteiger partial charge on any atom is 0.117 e. The Hall–Kier alpha value is -4.80. The van der Waals surface area contributed by atoms with E-state index >= 15 is 0 Å². The van der Waals surface area contributed by atoms with Crippen LogP contribution < -0.4 is 0 Å². The van der Waals surface area contributed by atoms with Crippen molar-refractivity contribution >= 4 is 80.4 Å². The van der Waals surface area contributed by atoms with Crippen molar-refractivity contribution in [3.63, 3.8) is 0 Å². The average Bonchev–Trinajstić information content (AvgIpc) is 3.57. The lowest BCUT2D eigenvalue weighted by Gasteiger charge is -2.06. The van der Waals surface area contributed by atoms with Crippen molar-refractivity contribution in [1.82, 2.24) is 4.40 Å². The third-order valence-corrected chi connectivity index (χ3v) is 9.15. The summed E-state index contributed by atoms with van der Waals surface area (Å²) < 4.78 is 4.62. The number of nitrogens with zero attached hydrogens (tertiary/aromatic N) is 1. The first-order chi connectivity index (χ1) is 18.6. The smallest absolute Gasteiger partial charge is 0.117 e. The minimum Gasteiger partial charge on any atom is -0.508 e. The third kappa shape index (κ3) is 2.52. The first-order valence-corrected chi connectivity index (χ1v) is 13.4. The van der Waals surface area contributed by atoms with Gasteiger partial charge in [-0.3, -0.25) is 0 Å². The third-order valence-electron chi connectivity index (χ3n) is 8.04. The number of aromatic nitrogens is 1. The van der Waals surface area contributed by atoms with Crippen LogP contribution in [0.5, 0.6) is 11.5 Å². The van der Waals surface area contributed by atoms with Crippen molar-refractivity contribution in [3.8, 4) is 22.6 Å². The molecule has 0 aliphatic heterocycles. The molecular formula is C34H19NO2S. The fourth-order valence-electron chi connectivity index (χ4n) is 6.41. The Kier molecular flexibility index (Phi) is 3.70. The fourth-order valence-corrected chi connectivity index (χ4v) is 7.57. The first-order valence-electron chi connectivity index (χ1n) is 12.6. The monoisotopic (exact) mass is 505 g/mol. The summed E-state index contributed by atoms with van der Waals surface area (Å²) in [6.07, 6.45) is 0. The second-order valence-electron chi connectivity index (χ2n) is 10.1. The van der Waals surface area contributed by atoms with E-state index in [2.05, 4.69) is 65.1 Å². The number of rotatable bonds is 1. The number of hydrogen-bond acceptors (Lipinski definition) is 3. The van der Waals surface area contributed by atoms with Crippen molar-refractivity contribution in [2.45, 2.75) is 0 Å². The van der Waals surface area contributed by atoms with Crippen LogP contribution in [0, 0.1) is 0 Å². The number of thiophene rings is 1. The van der Waals surface area contributed by atoms with Crippen molar-refractivity contribution < 1.29 is 10.2 Å². The van der Waals surface area contributed by atoms with Crippen LogP contribution >= 0.6 is 11.3 Å². The van der Waals surface area contributed by atoms with Crippen molar-refractivity contribution in [2.75, 3.05) is 0 Å². The van der Waals surface area contributed by atoms with Crippen LogP contribution in [-0.4, -0.2) is 14.6 Å². The summed E-state index contributed by atoms with van der Waals surface area (Å²) >= 11 is 1.71. The molecule has 0 aliphatic rings. The first kappa shape index (κ1) is 20.3. The van der Waals surface area contributed by atoms with E-state index in [1.54, 1.807) is 23.5 Å². The molecule has 0 saturated carbocycles. The Balaban J connectivity index is 1.51. The highest BCUT2D eigenvalue weighted by Crippen LogP contribution is 2.45. The van der Waals surface area contributed by atoms with E-state index in [-0.39, 0.29) is 5.75 Å². The standard InChI is InChI=1S/C34H19NO2S/c36-21-7-9-23-27-13-20(18-4-2-1-3-5-18)14-28-26-12-19-6-11-31-33(24-10-8-22(37)16-32(24)38-31)25(19)17-30(26)35(34(27)28)29(23)15-21/h1-17,36-37H. The van der Waals surface area contributed by atoms with Gasteiger partial charge in [-0.15, -0.1) is 11.3 Å². The molecule has 0 atom stereocenters. The molecule has 0 fully saturated rings. The van der Waals surface area contributed by atoms with Gasteiger partial charge < -0.3 is 14.6 Å². The summed E-state index contributed by atoms with van der Waals surface area (Å²) in [5.41, 5.74) is 5.71. The molecule has 2 N–H and O–H groups in total. The second kappa shape index (κ2) is 6.94. The summed E-state index contributed by atoms with van der Waals surface area (Å²) in [6.45, 7) is 0. The number of fused-ring (bicyclic) bond motifs is 11. The largest absolute Gasteiger partial charge is 0.508 e. The van der Waals surface area contributed by atoms with Crippen LogP contribution in [0.3, 0.4) is 0 Å². The minimum absolute atomic E-state index is 0.265. The number of benzene rings is 6. The zero-order chi connectivity index (χ0) is 25.1. The SMILES string of the molecule is Oc1ccc2c(c1)sc1ccc3cc4c5cc(-c6ccccc6)cc6c7ccc(O)cc7n(c4cc3c12)c65. The highest BCUT2D eigenvalue weighted by atomic mass is 32.1. The number of phenolic OH excluding ortho intramolecular Hbond substituents is 2. The normalized spacial score (nSPS) is 12.4. The lowest BCUT2D eigenvalue weighted by molar-refractivity contribution is 0.475. The molecule has 3 heterocycles. The molecule has 178 valence electrons. The molecule has 3 aromatic heterocycles. The molecule has 38 heavy (non-hydrogen) atoms. The van der Waals surface area contributed by atoms with Gasteiger partial charge in [0.05, 0.1) is 16.6 Å². The molecule has 0 radical (unpaired) electrons. The van der Waals surface area contributed by atoms with E-state index in [1.807, 2.05) is 30.3 Å². The molecule has 0 amide bonds. The molecule has 6 aromatic carbocycles. The predicted molar refractivity (Wildman–Crippen MR) is 160 cm³/mol. The molecule has 0 spiro atoms. The van der Waals surface area contributed by atoms with E-state index in [4.69, 9.17) is 0 Å². The maximum absolute atomic E-state index is 10.5. The fraction of sp³-hybridized carbons (Fsp3) is 0. The van der Waals surface area contributed by atoms with Gasteiger partial charge in [-0.25, -0.2) is 0 Å². The molecule has 0 bridgehead atoms. The highest BCUT2D eigenvalue weighted by molar-refractivity contribution is 7.26. The number of hydrogen-bond donors (Lipinski definition) is 2. The van der Waals surface area contributed by atoms with Crippen LogP contribution in [0.1, 0.15) is 0 Å². The van der Waals surface area contributed by atoms with E-state index in [1.165, 1.54) is 53.7 Å². The lowest BCUT2D eigenvalue weighted by atomic mass is 9.97. The van der Waals surface area contributed by atoms with Gasteiger partial charge in [0, 0.05) is 47.8 Å². The predicted octanol–water partition coefficient (Wildman–Crippen LogP) is 9.44. The molecule has 0 unspecified atom stereocenters. The van der Waals surface area contributed by atoms with Crippen LogP contribution in [0.2, 0.25) is 0 Å². The number of phenols is 2. The Morgan fingerprint density at radius 2 is 1.24 bits per heavy atom. The van der Waals surface area contributed by atoms with Gasteiger partial charge in [-0.05, 0) is 82.6 Å². The van der Waals surface area contributed by atoms with Crippen LogP contribution in [0.4, 0.5) is 0 Å². The molecule has 0 aliphatic carbocycles. The zero-order valence-electron chi connectivity index (χ0n) is 20.1. The Labute approximate surface area is 220 Å². The second-order valence-corrected chi connectivity index (χ2v) is 11.2. The molecule has 9 rings (SSSR count). The lowest BCUT2D eigenvalue weighted by Crippen LogP contribution is -1.82. The van der Waals surface area contributed by atoms with Gasteiger partial charge in [0.1, 0.15) is 11.5 Å². The van der Waals surface area contributed by atoms with Crippen molar-refractivity contribution in [2.24, 2.45) is 0 Å². The maximum atomic E-state index is 10.5. The van der Waals surface area contributed by atoms with Crippen LogP contribution in [0.15, 0.2) is 103 Å². The topological polar surface area (TPSA) is 44.9 Å². The van der Waals surface area contributed by atoms with Gasteiger partial charge in [-0.2, -0.15) is 0 Å². The summed E-state index contributed by atoms with van der Waals surface area (Å²) in [5, 5.41) is 30.1. The van der Waals surface area contributed by atoms with Gasteiger partial charge in [-0.1, -0.05) is 36.4 Å². The Bertz CT molecular complexity index is 2410. The molecule has 0 saturated heterocycles. The van der Waals surface area contributed by atoms with Crippen LogP contribution in [0.25, 0.3) is 80.2 Å². The van der Waals surface area contributed by atoms with E-state index < -0.39 is 0 Å². The average molecular weight is 506 g/mol. The Morgan fingerprint density at radius 1 is 0.500 bits per heavy atom. The van der Waals surface area contributed by atoms with E-state index in [0.29, 0.717) is 5.75 Å². The molecule has 3 nitrogen and oxygen atoms in total. The summed E-state index contributed by atoms with van der Waals surface area (Å²) in [4.78, 5) is 0. The number of aromatic hydroxyl groups is 2. The van der Waals surface area contributed by atoms with Gasteiger partial charge in [0.15, 0.2) is 0 Å². The van der Waals surface area contributed by atoms with Gasteiger partial charge >= 0.3 is 0 Å². The molecule has 9 aromatic rings. The Morgan fingerprint density at radius 3 is 2.08 bits per heavy atom. The van der Waals surface area contributed by atoms with E-state index in [0.717, 1.165) is 26.5 Å². The summed E-state index contributed by atoms with van der Waals surface area (Å²) in [7, 11) is 0. The minimum atomic E-state index is 0.265. The van der Waals surface area contributed by atoms with Crippen molar-refractivity contribution in [1.29, 1.82) is 0 Å². The quantitative estimate of drug-likeness (QED) is 0.233. The van der Waals surface area contributed by atoms with E-state index in [9.17, 15) is 10.2 Å². The summed E-state index contributed by atoms with van der Waals surface area (Å²) in [6, 6.07) is 35.5. The highest BCUT2D eigenvalue weighted by Gasteiger charge is 2.20. The van der Waals surface area contributed by atoms with Crippen molar-refractivity contribution in [3.05, 3.63) is 103 Å². The van der Waals surface area contributed by atoms with Crippen LogP contribution in [-0.2, 0) is 0 Å². The zero-order valence-corrected chi connectivity index (χ0v) is 20.9.